The molecule has 0 fully saturated rings. The van der Waals surface area contributed by atoms with Crippen molar-refractivity contribution < 1.29 is 18.3 Å². The smallest absolute Gasteiger partial charge is 0.382 e. The van der Waals surface area contributed by atoms with Crippen molar-refractivity contribution in [1.29, 1.82) is 0 Å². The van der Waals surface area contributed by atoms with Crippen LogP contribution in [0.1, 0.15) is 48.7 Å². The minimum absolute atomic E-state index is 0.171. The fraction of sp³-hybridized carbons (Fsp3) is 0.400. The maximum atomic E-state index is 13.0. The Labute approximate surface area is 125 Å². The quantitative estimate of drug-likeness (QED) is 0.882. The number of hydrogen-bond acceptors (Lipinski definition) is 3. The van der Waals surface area contributed by atoms with Crippen LogP contribution in [0.4, 0.5) is 13.2 Å². The molecule has 0 saturated heterocycles. The molecule has 114 valence electrons. The summed E-state index contributed by atoms with van der Waals surface area (Å²) in [6.45, 7) is 5.89. The molecule has 6 heteroatoms. The normalized spacial score (nSPS) is 14.2. The van der Waals surface area contributed by atoms with Crippen LogP contribution in [0.25, 0.3) is 0 Å². The molecule has 0 aliphatic carbocycles. The minimum Gasteiger partial charge on any atom is -0.382 e. The molecule has 0 spiro atoms. The van der Waals surface area contributed by atoms with E-state index in [1.807, 2.05) is 20.8 Å². The number of hydrogen-bond donors (Lipinski definition) is 1. The third-order valence-corrected chi connectivity index (χ3v) is 4.29. The van der Waals surface area contributed by atoms with Crippen LogP contribution in [0.3, 0.4) is 0 Å². The first-order valence-corrected chi connectivity index (χ1v) is 7.29. The van der Waals surface area contributed by atoms with Gasteiger partial charge in [0.25, 0.3) is 0 Å². The molecule has 2 nitrogen and oxygen atoms in total. The van der Waals surface area contributed by atoms with Crippen LogP contribution in [0.15, 0.2) is 29.6 Å². The van der Waals surface area contributed by atoms with Crippen molar-refractivity contribution in [2.75, 3.05) is 0 Å². The zero-order valence-corrected chi connectivity index (χ0v) is 12.7. The van der Waals surface area contributed by atoms with Crippen LogP contribution in [0.2, 0.25) is 0 Å². The van der Waals surface area contributed by atoms with Crippen LogP contribution in [0.5, 0.6) is 0 Å². The van der Waals surface area contributed by atoms with E-state index < -0.39 is 17.8 Å². The van der Waals surface area contributed by atoms with Crippen molar-refractivity contribution in [2.24, 2.45) is 0 Å². The highest BCUT2D eigenvalue weighted by atomic mass is 32.1. The third kappa shape index (κ3) is 3.44. The second kappa shape index (κ2) is 5.42. The summed E-state index contributed by atoms with van der Waals surface area (Å²) in [5.41, 5.74) is -0.952. The molecular formula is C15H16F3NOS. The first-order chi connectivity index (χ1) is 9.60. The number of thiazole rings is 1. The van der Waals surface area contributed by atoms with E-state index in [0.717, 1.165) is 11.1 Å². The van der Waals surface area contributed by atoms with Crippen LogP contribution < -0.4 is 0 Å². The topological polar surface area (TPSA) is 33.1 Å². The Morgan fingerprint density at radius 3 is 2.29 bits per heavy atom. The molecule has 1 N–H and O–H groups in total. The predicted molar refractivity (Wildman–Crippen MR) is 76.3 cm³/mol. The first-order valence-electron chi connectivity index (χ1n) is 6.41. The summed E-state index contributed by atoms with van der Waals surface area (Å²) < 4.78 is 39.0. The van der Waals surface area contributed by atoms with Crippen molar-refractivity contribution in [2.45, 2.75) is 38.5 Å². The predicted octanol–water partition coefficient (Wildman–Crippen LogP) is 4.54. The summed E-state index contributed by atoms with van der Waals surface area (Å²) in [6.07, 6.45) is -5.88. The van der Waals surface area contributed by atoms with Gasteiger partial charge in [0.2, 0.25) is 0 Å². The van der Waals surface area contributed by atoms with Gasteiger partial charge in [0.15, 0.2) is 0 Å². The number of halogens is 3. The SMILES string of the molecule is CC(C)(C)c1nc(C(O)c2ccccc2C(F)(F)F)cs1. The molecular weight excluding hydrogens is 299 g/mol. The van der Waals surface area contributed by atoms with Gasteiger partial charge in [-0.3, -0.25) is 0 Å². The summed E-state index contributed by atoms with van der Waals surface area (Å²) in [5, 5.41) is 12.6. The van der Waals surface area contributed by atoms with E-state index in [2.05, 4.69) is 4.98 Å². The Balaban J connectivity index is 2.42. The molecule has 0 radical (unpaired) electrons. The molecule has 0 saturated carbocycles. The van der Waals surface area contributed by atoms with Gasteiger partial charge >= 0.3 is 6.18 Å². The Kier molecular flexibility index (Phi) is 4.13. The molecule has 0 bridgehead atoms. The molecule has 2 aromatic rings. The van der Waals surface area contributed by atoms with Crippen molar-refractivity contribution >= 4 is 11.3 Å². The lowest BCUT2D eigenvalue weighted by molar-refractivity contribution is -0.139. The lowest BCUT2D eigenvalue weighted by Gasteiger charge is -2.17. The van der Waals surface area contributed by atoms with Crippen LogP contribution in [-0.2, 0) is 11.6 Å². The second-order valence-electron chi connectivity index (χ2n) is 5.82. The highest BCUT2D eigenvalue weighted by molar-refractivity contribution is 7.09. The molecule has 1 atom stereocenters. The van der Waals surface area contributed by atoms with Gasteiger partial charge in [-0.05, 0) is 11.6 Å². The fourth-order valence-corrected chi connectivity index (χ4v) is 2.83. The van der Waals surface area contributed by atoms with E-state index in [9.17, 15) is 18.3 Å². The molecule has 1 heterocycles. The highest BCUT2D eigenvalue weighted by Gasteiger charge is 2.35. The second-order valence-corrected chi connectivity index (χ2v) is 6.67. The first kappa shape index (κ1) is 16.0. The third-order valence-electron chi connectivity index (χ3n) is 3.00. The Morgan fingerprint density at radius 1 is 1.14 bits per heavy atom. The number of aliphatic hydroxyl groups is 1. The van der Waals surface area contributed by atoms with Crippen molar-refractivity contribution in [3.8, 4) is 0 Å². The lowest BCUT2D eigenvalue weighted by Crippen LogP contribution is -2.14. The van der Waals surface area contributed by atoms with Gasteiger partial charge in [0, 0.05) is 10.8 Å². The van der Waals surface area contributed by atoms with E-state index in [4.69, 9.17) is 0 Å². The van der Waals surface area contributed by atoms with Gasteiger partial charge in [-0.2, -0.15) is 13.2 Å². The van der Waals surface area contributed by atoms with Crippen LogP contribution in [0, 0.1) is 0 Å². The minimum atomic E-state index is -4.50. The molecule has 0 amide bonds. The van der Waals surface area contributed by atoms with Crippen molar-refractivity contribution in [1.82, 2.24) is 4.98 Å². The zero-order valence-electron chi connectivity index (χ0n) is 11.9. The summed E-state index contributed by atoms with van der Waals surface area (Å²) in [5.74, 6) is 0. The van der Waals surface area contributed by atoms with Gasteiger partial charge in [-0.1, -0.05) is 39.0 Å². The maximum absolute atomic E-state index is 13.0. The van der Waals surface area contributed by atoms with E-state index >= 15 is 0 Å². The number of rotatable bonds is 2. The standard InChI is InChI=1S/C15H16F3NOS/c1-14(2,3)13-19-11(8-21-13)12(20)9-6-4-5-7-10(9)15(16,17)18/h4-8,12,20H,1-3H3. The summed E-state index contributed by atoms with van der Waals surface area (Å²) in [6, 6.07) is 5.03. The zero-order chi connectivity index (χ0) is 15.8. The Bertz CT molecular complexity index is 628. The average molecular weight is 315 g/mol. The molecule has 21 heavy (non-hydrogen) atoms. The average Bonchev–Trinajstić information content (AvgIpc) is 2.86. The number of benzene rings is 1. The van der Waals surface area contributed by atoms with Crippen LogP contribution in [-0.4, -0.2) is 10.1 Å². The monoisotopic (exact) mass is 315 g/mol. The number of aliphatic hydroxyl groups excluding tert-OH is 1. The number of aromatic nitrogens is 1. The lowest BCUT2D eigenvalue weighted by atomic mass is 9.97. The van der Waals surface area contributed by atoms with Gasteiger partial charge in [-0.15, -0.1) is 11.3 Å². The largest absolute Gasteiger partial charge is 0.416 e. The van der Waals surface area contributed by atoms with Gasteiger partial charge < -0.3 is 5.11 Å². The molecule has 1 aromatic carbocycles. The summed E-state index contributed by atoms with van der Waals surface area (Å²) in [4.78, 5) is 4.28. The van der Waals surface area contributed by atoms with Gasteiger partial charge in [0.05, 0.1) is 16.3 Å². The Morgan fingerprint density at radius 2 is 1.76 bits per heavy atom. The Hall–Kier alpha value is -1.40. The number of alkyl halides is 3. The van der Waals surface area contributed by atoms with E-state index in [0.29, 0.717) is 0 Å². The van der Waals surface area contributed by atoms with E-state index in [1.54, 1.807) is 5.38 Å². The summed E-state index contributed by atoms with van der Waals surface area (Å²) in [7, 11) is 0. The summed E-state index contributed by atoms with van der Waals surface area (Å²) >= 11 is 1.34. The molecule has 2 rings (SSSR count). The maximum Gasteiger partial charge on any atom is 0.416 e. The van der Waals surface area contributed by atoms with Gasteiger partial charge in [-0.25, -0.2) is 4.98 Å². The molecule has 1 aromatic heterocycles. The fourth-order valence-electron chi connectivity index (χ4n) is 1.91. The van der Waals surface area contributed by atoms with Crippen molar-refractivity contribution in [3.05, 3.63) is 51.5 Å². The van der Waals surface area contributed by atoms with Gasteiger partial charge in [0.1, 0.15) is 6.10 Å². The van der Waals surface area contributed by atoms with Crippen molar-refractivity contribution in [3.63, 3.8) is 0 Å². The van der Waals surface area contributed by atoms with E-state index in [-0.39, 0.29) is 16.7 Å². The highest BCUT2D eigenvalue weighted by Crippen LogP contribution is 2.37. The molecule has 1 unspecified atom stereocenters. The molecule has 0 aliphatic rings. The van der Waals surface area contributed by atoms with Crippen LogP contribution >= 0.6 is 11.3 Å². The number of nitrogens with zero attached hydrogens (tertiary/aromatic N) is 1. The van der Waals surface area contributed by atoms with E-state index in [1.165, 1.54) is 29.5 Å². The molecule has 0 aliphatic heterocycles.